The van der Waals surface area contributed by atoms with E-state index in [1.54, 1.807) is 29.1 Å². The fraction of sp³-hybridized carbons (Fsp3) is 0.227. The first-order valence-electron chi connectivity index (χ1n) is 10.1. The molecule has 2 atom stereocenters. The summed E-state index contributed by atoms with van der Waals surface area (Å²) in [5.41, 5.74) is -0.0810. The molecule has 2 aromatic carbocycles. The number of nitrogens with zero attached hydrogens (tertiary/aromatic N) is 2. The second-order valence-electron chi connectivity index (χ2n) is 7.62. The standard InChI is InChI=1S/C22H20F2N4O5S/c1-12(14-9-15(23)20(16(24)10-14)28-34(2,30)31)26-21(29)17-11-32-22(27-17)33-18-7-3-5-13-6-4-8-25-19(13)18/h3-10,12,17,28H,11H2,1-2H3,(H,26,29)/t12-,17?/m1/s1. The lowest BCUT2D eigenvalue weighted by atomic mass is 10.1. The predicted octanol–water partition coefficient (Wildman–Crippen LogP) is 2.90. The number of aliphatic imine (C=N–C) groups is 1. The van der Waals surface area contributed by atoms with Crippen molar-refractivity contribution in [3.63, 3.8) is 0 Å². The molecule has 34 heavy (non-hydrogen) atoms. The van der Waals surface area contributed by atoms with E-state index in [-0.39, 0.29) is 18.3 Å². The predicted molar refractivity (Wildman–Crippen MR) is 121 cm³/mol. The van der Waals surface area contributed by atoms with E-state index >= 15 is 0 Å². The molecular formula is C22H20F2N4O5S. The number of benzene rings is 2. The fourth-order valence-corrected chi connectivity index (χ4v) is 3.88. The van der Waals surface area contributed by atoms with E-state index in [2.05, 4.69) is 15.3 Å². The van der Waals surface area contributed by atoms with Gasteiger partial charge in [0.05, 0.1) is 12.3 Å². The third-order valence-corrected chi connectivity index (χ3v) is 5.51. The van der Waals surface area contributed by atoms with E-state index in [0.29, 0.717) is 11.3 Å². The maximum atomic E-state index is 14.3. The summed E-state index contributed by atoms with van der Waals surface area (Å²) in [7, 11) is -3.87. The molecule has 0 saturated heterocycles. The molecule has 178 valence electrons. The number of anilines is 1. The number of carbonyl (C=O) groups is 1. The first-order valence-corrected chi connectivity index (χ1v) is 12.0. The van der Waals surface area contributed by atoms with Crippen molar-refractivity contribution in [3.8, 4) is 5.75 Å². The second kappa shape index (κ2) is 9.21. The molecule has 1 aliphatic rings. The third kappa shape index (κ3) is 5.22. The highest BCUT2D eigenvalue weighted by molar-refractivity contribution is 7.92. The number of sulfonamides is 1. The largest absolute Gasteiger partial charge is 0.448 e. The van der Waals surface area contributed by atoms with Crippen LogP contribution in [0, 0.1) is 11.6 Å². The van der Waals surface area contributed by atoms with Gasteiger partial charge in [0.2, 0.25) is 15.9 Å². The maximum Gasteiger partial charge on any atom is 0.390 e. The topological polar surface area (TPSA) is 119 Å². The highest BCUT2D eigenvalue weighted by atomic mass is 32.2. The van der Waals surface area contributed by atoms with Crippen LogP contribution in [0.1, 0.15) is 18.5 Å². The normalized spacial score (nSPS) is 16.5. The van der Waals surface area contributed by atoms with Gasteiger partial charge in [-0.2, -0.15) is 4.99 Å². The van der Waals surface area contributed by atoms with E-state index in [0.717, 1.165) is 23.8 Å². The summed E-state index contributed by atoms with van der Waals surface area (Å²) in [6.07, 6.45) is 2.31. The number of hydrogen-bond acceptors (Lipinski definition) is 7. The Morgan fingerprint density at radius 2 is 1.91 bits per heavy atom. The first kappa shape index (κ1) is 23.4. The number of ether oxygens (including phenoxy) is 2. The van der Waals surface area contributed by atoms with E-state index < -0.39 is 45.3 Å². The Hall–Kier alpha value is -3.80. The van der Waals surface area contributed by atoms with Crippen molar-refractivity contribution in [2.24, 2.45) is 4.99 Å². The molecule has 4 rings (SSSR count). The molecule has 9 nitrogen and oxygen atoms in total. The van der Waals surface area contributed by atoms with Crippen LogP contribution in [0.2, 0.25) is 0 Å². The van der Waals surface area contributed by atoms with Crippen LogP contribution in [0.15, 0.2) is 53.7 Å². The molecule has 12 heteroatoms. The Bertz CT molecular complexity index is 1370. The minimum atomic E-state index is -3.87. The molecule has 0 spiro atoms. The lowest BCUT2D eigenvalue weighted by Crippen LogP contribution is -2.36. The van der Waals surface area contributed by atoms with Gasteiger partial charge in [-0.05, 0) is 36.8 Å². The average Bonchev–Trinajstić information content (AvgIpc) is 3.24. The fourth-order valence-electron chi connectivity index (χ4n) is 3.31. The number of fused-ring (bicyclic) bond motifs is 1. The number of aromatic nitrogens is 1. The average molecular weight is 490 g/mol. The zero-order valence-electron chi connectivity index (χ0n) is 18.1. The van der Waals surface area contributed by atoms with Gasteiger partial charge < -0.3 is 14.8 Å². The summed E-state index contributed by atoms with van der Waals surface area (Å²) in [6, 6.07) is 9.19. The van der Waals surface area contributed by atoms with Gasteiger partial charge >= 0.3 is 6.08 Å². The van der Waals surface area contributed by atoms with Crippen LogP contribution >= 0.6 is 0 Å². The van der Waals surface area contributed by atoms with Crippen LogP contribution in [0.25, 0.3) is 10.9 Å². The summed E-state index contributed by atoms with van der Waals surface area (Å²) in [6.45, 7) is 1.44. The quantitative estimate of drug-likeness (QED) is 0.549. The minimum absolute atomic E-state index is 0.0774. The molecule has 1 aromatic heterocycles. The summed E-state index contributed by atoms with van der Waals surface area (Å²) in [5, 5.41) is 3.47. The molecule has 1 amide bonds. The highest BCUT2D eigenvalue weighted by Gasteiger charge is 2.29. The maximum absolute atomic E-state index is 14.3. The van der Waals surface area contributed by atoms with Gasteiger partial charge in [0.15, 0.2) is 23.4 Å². The number of nitrogens with one attached hydrogen (secondary N) is 2. The Balaban J connectivity index is 1.44. The van der Waals surface area contributed by atoms with Crippen LogP contribution in [0.3, 0.4) is 0 Å². The molecule has 0 fully saturated rings. The van der Waals surface area contributed by atoms with Crippen molar-refractivity contribution in [1.82, 2.24) is 10.3 Å². The van der Waals surface area contributed by atoms with Gasteiger partial charge in [0, 0.05) is 11.6 Å². The van der Waals surface area contributed by atoms with E-state index in [9.17, 15) is 22.0 Å². The van der Waals surface area contributed by atoms with Gasteiger partial charge in [-0.15, -0.1) is 0 Å². The van der Waals surface area contributed by atoms with Gasteiger partial charge in [0.25, 0.3) is 0 Å². The van der Waals surface area contributed by atoms with Gasteiger partial charge in [-0.3, -0.25) is 14.5 Å². The lowest BCUT2D eigenvalue weighted by Gasteiger charge is -2.17. The Kier molecular flexibility index (Phi) is 6.33. The molecule has 0 saturated carbocycles. The summed E-state index contributed by atoms with van der Waals surface area (Å²) in [4.78, 5) is 21.0. The monoisotopic (exact) mass is 490 g/mol. The van der Waals surface area contributed by atoms with Crippen molar-refractivity contribution in [2.75, 3.05) is 17.6 Å². The number of carbonyl (C=O) groups excluding carboxylic acids is 1. The van der Waals surface area contributed by atoms with Crippen LogP contribution in [0.4, 0.5) is 14.5 Å². The minimum Gasteiger partial charge on any atom is -0.448 e. The molecule has 1 unspecified atom stereocenters. The molecular weight excluding hydrogens is 470 g/mol. The summed E-state index contributed by atoms with van der Waals surface area (Å²) >= 11 is 0. The van der Waals surface area contributed by atoms with Gasteiger partial charge in [0.1, 0.15) is 17.8 Å². The molecule has 0 radical (unpaired) electrons. The Labute approximate surface area is 193 Å². The molecule has 2 N–H and O–H groups in total. The van der Waals surface area contributed by atoms with E-state index in [4.69, 9.17) is 9.47 Å². The molecule has 0 aliphatic carbocycles. The lowest BCUT2D eigenvalue weighted by molar-refractivity contribution is -0.123. The Morgan fingerprint density at radius 3 is 2.62 bits per heavy atom. The molecule has 0 bridgehead atoms. The number of halogens is 2. The van der Waals surface area contributed by atoms with Crippen molar-refractivity contribution in [1.29, 1.82) is 0 Å². The smallest absolute Gasteiger partial charge is 0.390 e. The number of pyridine rings is 1. The summed E-state index contributed by atoms with van der Waals surface area (Å²) < 4.78 is 63.9. The molecule has 3 aromatic rings. The van der Waals surface area contributed by atoms with Crippen molar-refractivity contribution in [2.45, 2.75) is 19.0 Å². The van der Waals surface area contributed by atoms with Crippen molar-refractivity contribution < 1.29 is 31.5 Å². The second-order valence-corrected chi connectivity index (χ2v) is 9.37. The SMILES string of the molecule is C[C@@H](NC(=O)C1COC(Oc2cccc3cccnc23)=N1)c1cc(F)c(NS(C)(=O)=O)c(F)c1. The van der Waals surface area contributed by atoms with Crippen LogP contribution in [-0.2, 0) is 19.6 Å². The number of rotatable bonds is 6. The van der Waals surface area contributed by atoms with Crippen LogP contribution < -0.4 is 14.8 Å². The van der Waals surface area contributed by atoms with Crippen LogP contribution in [-0.4, -0.2) is 44.3 Å². The first-order chi connectivity index (χ1) is 16.1. The van der Waals surface area contributed by atoms with E-state index in [1.807, 2.05) is 12.1 Å². The number of amides is 1. The highest BCUT2D eigenvalue weighted by Crippen LogP contribution is 2.26. The third-order valence-electron chi connectivity index (χ3n) is 4.93. The Morgan fingerprint density at radius 1 is 1.21 bits per heavy atom. The summed E-state index contributed by atoms with van der Waals surface area (Å²) in [5.74, 6) is -2.34. The zero-order valence-corrected chi connectivity index (χ0v) is 18.9. The molecule has 2 heterocycles. The number of para-hydroxylation sites is 1. The van der Waals surface area contributed by atoms with Crippen molar-refractivity contribution in [3.05, 3.63) is 65.9 Å². The van der Waals surface area contributed by atoms with Crippen LogP contribution in [0.5, 0.6) is 5.75 Å². The van der Waals surface area contributed by atoms with Gasteiger partial charge in [-0.25, -0.2) is 17.2 Å². The zero-order chi connectivity index (χ0) is 24.5. The number of hydrogen-bond donors (Lipinski definition) is 2. The van der Waals surface area contributed by atoms with Crippen molar-refractivity contribution >= 4 is 38.6 Å². The van der Waals surface area contributed by atoms with Gasteiger partial charge in [-0.1, -0.05) is 18.2 Å². The van der Waals surface area contributed by atoms with E-state index in [1.165, 1.54) is 6.92 Å². The molecule has 1 aliphatic heterocycles.